The molecule has 0 bridgehead atoms. The van der Waals surface area contributed by atoms with Crippen molar-refractivity contribution in [1.82, 2.24) is 15.5 Å². The van der Waals surface area contributed by atoms with Gasteiger partial charge in [0.15, 0.2) is 9.84 Å². The number of carbonyl (C=O) groups is 3. The van der Waals surface area contributed by atoms with Gasteiger partial charge in [-0.3, -0.25) is 19.3 Å². The molecule has 2 amide bonds. The predicted molar refractivity (Wildman–Crippen MR) is 149 cm³/mol. The Morgan fingerprint density at radius 2 is 1.85 bits per heavy atom. The van der Waals surface area contributed by atoms with Crippen molar-refractivity contribution >= 4 is 62.6 Å². The second-order valence-corrected chi connectivity index (χ2v) is 12.4. The Morgan fingerprint density at radius 1 is 1.12 bits per heavy atom. The van der Waals surface area contributed by atoms with E-state index in [0.717, 1.165) is 19.1 Å². The van der Waals surface area contributed by atoms with Crippen LogP contribution < -0.4 is 25.8 Å². The Bertz CT molecular complexity index is 1550. The summed E-state index contributed by atoms with van der Waals surface area (Å²) >= 11 is 12.0. The molecule has 1 N–H and O–H groups in total. The molecule has 1 fully saturated rings. The maximum Gasteiger partial charge on any atom is 0.303 e. The smallest absolute Gasteiger partial charge is 0.303 e. The number of rotatable bonds is 9. The molecule has 4 rings (SSSR count). The van der Waals surface area contributed by atoms with Crippen LogP contribution in [0.5, 0.6) is 5.75 Å². The number of likely N-dealkylation sites (tertiary alicyclic amines) is 1. The Hall–Kier alpha value is -3.12. The lowest BCUT2D eigenvalue weighted by Crippen LogP contribution is -2.48. The van der Waals surface area contributed by atoms with E-state index in [1.807, 2.05) is 0 Å². The van der Waals surface area contributed by atoms with E-state index in [1.165, 1.54) is 31.3 Å². The first-order valence-corrected chi connectivity index (χ1v) is 15.1. The van der Waals surface area contributed by atoms with Crippen molar-refractivity contribution < 1.29 is 32.3 Å². The fraction of sp³-hybridized carbons (Fsp3) is 0.370. The molecule has 0 saturated carbocycles. The number of fused-ring (bicyclic) bond motifs is 1. The van der Waals surface area contributed by atoms with Crippen molar-refractivity contribution in [1.29, 1.82) is 0 Å². The van der Waals surface area contributed by atoms with E-state index in [-0.39, 0.29) is 28.3 Å². The minimum Gasteiger partial charge on any atom is -0.490 e. The molecule has 0 unspecified atom stereocenters. The predicted octanol–water partition coefficient (Wildman–Crippen LogP) is 1.02. The van der Waals surface area contributed by atoms with Crippen molar-refractivity contribution in [3.05, 3.63) is 56.9 Å². The monoisotopic (exact) mass is 608 g/mol. The molecular weight excluding hydrogens is 581 g/mol. The van der Waals surface area contributed by atoms with E-state index in [0.29, 0.717) is 40.6 Å². The molecule has 2 aliphatic rings. The average molecular weight is 610 g/mol. The van der Waals surface area contributed by atoms with E-state index < -0.39 is 33.7 Å². The zero-order chi connectivity index (χ0) is 29.0. The van der Waals surface area contributed by atoms with Gasteiger partial charge < -0.3 is 14.8 Å². The fourth-order valence-electron chi connectivity index (χ4n) is 4.55. The summed E-state index contributed by atoms with van der Waals surface area (Å²) in [4.78, 5) is 39.4. The highest BCUT2D eigenvalue weighted by Gasteiger charge is 2.27. The van der Waals surface area contributed by atoms with Gasteiger partial charge in [-0.2, -0.15) is 0 Å². The molecule has 2 heterocycles. The first kappa shape index (κ1) is 29.9. The summed E-state index contributed by atoms with van der Waals surface area (Å²) in [5, 5.41) is 7.91. The molecule has 40 heavy (non-hydrogen) atoms. The van der Waals surface area contributed by atoms with Crippen molar-refractivity contribution in [3.63, 3.8) is 0 Å². The first-order chi connectivity index (χ1) is 18.9. The molecule has 2 aliphatic heterocycles. The molecule has 2 aromatic rings. The number of halogens is 2. The van der Waals surface area contributed by atoms with Gasteiger partial charge in [-0.1, -0.05) is 29.3 Å². The summed E-state index contributed by atoms with van der Waals surface area (Å²) in [5.41, 5.74) is -0.209. The SMILES string of the molecule is CC(=O)O[C@H](CNC(=O)C1=c2ccc(S(C)(=O)=O)cc2=C[N]C1=O)CN1CCC(Oc2ccc(Cl)c(Cl)c2)CC1. The number of sulfone groups is 1. The van der Waals surface area contributed by atoms with Crippen LogP contribution in [0.1, 0.15) is 19.8 Å². The summed E-state index contributed by atoms with van der Waals surface area (Å²) < 4.78 is 35.3. The van der Waals surface area contributed by atoms with Gasteiger partial charge in [0.1, 0.15) is 23.5 Å². The normalized spacial score (nSPS) is 16.8. The number of esters is 1. The number of hydrogen-bond acceptors (Lipinski definition) is 8. The number of piperidine rings is 1. The zero-order valence-corrected chi connectivity index (χ0v) is 24.2. The minimum atomic E-state index is -3.49. The van der Waals surface area contributed by atoms with E-state index in [4.69, 9.17) is 32.7 Å². The van der Waals surface area contributed by atoms with Crippen LogP contribution in [0.2, 0.25) is 10.0 Å². The summed E-state index contributed by atoms with van der Waals surface area (Å²) in [6, 6.07) is 9.25. The van der Waals surface area contributed by atoms with Crippen LogP contribution in [-0.2, 0) is 29.0 Å². The minimum absolute atomic E-state index is 0.0158. The summed E-state index contributed by atoms with van der Waals surface area (Å²) in [7, 11) is -3.49. The van der Waals surface area contributed by atoms with Gasteiger partial charge in [0.05, 0.1) is 21.5 Å². The highest BCUT2D eigenvalue weighted by atomic mass is 35.5. The highest BCUT2D eigenvalue weighted by Crippen LogP contribution is 2.28. The quantitative estimate of drug-likeness (QED) is 0.417. The van der Waals surface area contributed by atoms with E-state index >= 15 is 0 Å². The van der Waals surface area contributed by atoms with Crippen LogP contribution in [0.3, 0.4) is 0 Å². The van der Waals surface area contributed by atoms with Crippen molar-refractivity contribution in [2.75, 3.05) is 32.4 Å². The third kappa shape index (κ3) is 7.54. The molecule has 10 nitrogen and oxygen atoms in total. The second-order valence-electron chi connectivity index (χ2n) is 9.59. The summed E-state index contributed by atoms with van der Waals surface area (Å²) in [6.45, 7) is 2.98. The number of carbonyl (C=O) groups excluding carboxylic acids is 3. The number of ether oxygens (including phenoxy) is 2. The number of nitrogens with one attached hydrogen (secondary N) is 1. The maximum atomic E-state index is 13.0. The Labute approximate surface area is 241 Å². The van der Waals surface area contributed by atoms with E-state index in [1.54, 1.807) is 18.2 Å². The second kappa shape index (κ2) is 12.6. The van der Waals surface area contributed by atoms with Crippen LogP contribution in [0.15, 0.2) is 41.3 Å². The summed E-state index contributed by atoms with van der Waals surface area (Å²) in [5.74, 6) is -1.30. The molecule has 1 saturated heterocycles. The summed E-state index contributed by atoms with van der Waals surface area (Å²) in [6.07, 6.45) is 3.09. The number of amides is 2. The van der Waals surface area contributed by atoms with E-state index in [9.17, 15) is 22.8 Å². The molecule has 2 aromatic carbocycles. The molecule has 1 radical (unpaired) electrons. The zero-order valence-electron chi connectivity index (χ0n) is 21.9. The van der Waals surface area contributed by atoms with Gasteiger partial charge in [-0.05, 0) is 37.1 Å². The van der Waals surface area contributed by atoms with Crippen molar-refractivity contribution in [2.24, 2.45) is 0 Å². The van der Waals surface area contributed by atoms with Gasteiger partial charge in [-0.15, -0.1) is 0 Å². The first-order valence-electron chi connectivity index (χ1n) is 12.5. The number of benzene rings is 2. The standard InChI is InChI=1S/C27H28Cl2N3O7S/c1-16(33)38-20(15-32-9-7-18(8-10-32)39-19-3-6-23(28)24(29)12-19)14-31-27(35)25-22-5-4-21(40(2,36)37)11-17(22)13-30-26(25)34/h3-6,11-13,18,20H,7-10,14-15H2,1-2H3,(H,31,35)/t20-/m1/s1. The van der Waals surface area contributed by atoms with Crippen LogP contribution in [0.4, 0.5) is 0 Å². The highest BCUT2D eigenvalue weighted by molar-refractivity contribution is 7.90. The topological polar surface area (TPSA) is 133 Å². The Balaban J connectivity index is 1.38. The Kier molecular flexibility index (Phi) is 9.40. The number of nitrogens with zero attached hydrogens (tertiary/aromatic N) is 2. The average Bonchev–Trinajstić information content (AvgIpc) is 2.89. The van der Waals surface area contributed by atoms with Crippen LogP contribution in [-0.4, -0.2) is 75.7 Å². The molecule has 0 spiro atoms. The van der Waals surface area contributed by atoms with Crippen molar-refractivity contribution in [3.8, 4) is 5.75 Å². The lowest BCUT2D eigenvalue weighted by molar-refractivity contribution is -0.147. The molecule has 13 heteroatoms. The third-order valence-electron chi connectivity index (χ3n) is 6.50. The molecule has 213 valence electrons. The Morgan fingerprint density at radius 3 is 2.50 bits per heavy atom. The maximum absolute atomic E-state index is 13.0. The van der Waals surface area contributed by atoms with Crippen molar-refractivity contribution in [2.45, 2.75) is 36.9 Å². The largest absolute Gasteiger partial charge is 0.490 e. The molecule has 0 aliphatic carbocycles. The molecular formula is C27H28Cl2N3O7S. The van der Waals surface area contributed by atoms with Gasteiger partial charge in [0.2, 0.25) is 0 Å². The van der Waals surface area contributed by atoms with Crippen LogP contribution in [0.25, 0.3) is 11.8 Å². The fourth-order valence-corrected chi connectivity index (χ4v) is 5.49. The van der Waals surface area contributed by atoms with Gasteiger partial charge in [0, 0.05) is 55.5 Å². The number of hydrogen-bond donors (Lipinski definition) is 1. The van der Waals surface area contributed by atoms with Crippen LogP contribution in [0, 0.1) is 0 Å². The van der Waals surface area contributed by atoms with Gasteiger partial charge in [0.25, 0.3) is 11.8 Å². The van der Waals surface area contributed by atoms with Crippen LogP contribution >= 0.6 is 23.2 Å². The molecule has 0 aromatic heterocycles. The van der Waals surface area contributed by atoms with Gasteiger partial charge in [-0.25, -0.2) is 13.7 Å². The lowest BCUT2D eigenvalue weighted by Gasteiger charge is -2.34. The van der Waals surface area contributed by atoms with Gasteiger partial charge >= 0.3 is 5.97 Å². The lowest BCUT2D eigenvalue weighted by atomic mass is 10.1. The van der Waals surface area contributed by atoms with E-state index in [2.05, 4.69) is 15.5 Å². The third-order valence-corrected chi connectivity index (χ3v) is 8.34. The molecule has 1 atom stereocenters.